The van der Waals surface area contributed by atoms with Crippen LogP contribution < -0.4 is 4.74 Å². The molecule has 1 N–H and O–H groups in total. The maximum Gasteiger partial charge on any atom is 0.143 e. The molecule has 0 saturated carbocycles. The average molecular weight is 191 g/mol. The van der Waals surface area contributed by atoms with Gasteiger partial charge in [0.25, 0.3) is 0 Å². The molecule has 0 aliphatic heterocycles. The van der Waals surface area contributed by atoms with Crippen molar-refractivity contribution < 1.29 is 9.84 Å². The number of pyridine rings is 1. The van der Waals surface area contributed by atoms with Crippen LogP contribution in [0, 0.1) is 19.3 Å². The Morgan fingerprint density at radius 3 is 3.00 bits per heavy atom. The normalized spacial score (nSPS) is 9.50. The van der Waals surface area contributed by atoms with Gasteiger partial charge < -0.3 is 9.84 Å². The minimum Gasteiger partial charge on any atom is -0.491 e. The summed E-state index contributed by atoms with van der Waals surface area (Å²) >= 11 is 0. The van der Waals surface area contributed by atoms with E-state index in [1.54, 1.807) is 6.07 Å². The predicted molar refractivity (Wildman–Crippen MR) is 53.8 cm³/mol. The first-order valence-electron chi connectivity index (χ1n) is 4.41. The van der Waals surface area contributed by atoms with Gasteiger partial charge in [0.2, 0.25) is 0 Å². The van der Waals surface area contributed by atoms with E-state index < -0.39 is 0 Å². The van der Waals surface area contributed by atoms with E-state index in [1.165, 1.54) is 0 Å². The van der Waals surface area contributed by atoms with Crippen LogP contribution in [0.1, 0.15) is 17.8 Å². The van der Waals surface area contributed by atoms with Crippen molar-refractivity contribution in [1.82, 2.24) is 4.98 Å². The highest BCUT2D eigenvalue weighted by Gasteiger charge is 2.03. The smallest absolute Gasteiger partial charge is 0.143 e. The van der Waals surface area contributed by atoms with Gasteiger partial charge in [-0.3, -0.25) is 4.98 Å². The molecular formula is C11H13NO2. The maximum atomic E-state index is 9.02. The Labute approximate surface area is 83.7 Å². The highest BCUT2D eigenvalue weighted by atomic mass is 16.5. The third-order valence-electron chi connectivity index (χ3n) is 1.73. The molecule has 0 saturated heterocycles. The lowest BCUT2D eigenvalue weighted by Gasteiger charge is -2.08. The molecule has 0 amide bonds. The summed E-state index contributed by atoms with van der Waals surface area (Å²) in [6.07, 6.45) is 5.65. The molecule has 14 heavy (non-hydrogen) atoms. The van der Waals surface area contributed by atoms with E-state index >= 15 is 0 Å². The summed E-state index contributed by atoms with van der Waals surface area (Å²) < 4.78 is 5.36. The SMILES string of the molecule is C#CCCOc1ccc(C)nc1CO. The lowest BCUT2D eigenvalue weighted by Crippen LogP contribution is -2.02. The minimum absolute atomic E-state index is 0.118. The molecule has 0 atom stereocenters. The van der Waals surface area contributed by atoms with Crippen LogP contribution in [-0.4, -0.2) is 16.7 Å². The Balaban J connectivity index is 2.71. The first-order chi connectivity index (χ1) is 6.77. The predicted octanol–water partition coefficient (Wildman–Crippen LogP) is 1.28. The molecule has 0 aliphatic carbocycles. The van der Waals surface area contributed by atoms with Crippen molar-refractivity contribution in [2.24, 2.45) is 0 Å². The van der Waals surface area contributed by atoms with Gasteiger partial charge in [-0.25, -0.2) is 0 Å². The van der Waals surface area contributed by atoms with Crippen molar-refractivity contribution in [3.63, 3.8) is 0 Å². The molecule has 1 aromatic heterocycles. The van der Waals surface area contributed by atoms with Gasteiger partial charge in [0.15, 0.2) is 0 Å². The molecule has 1 aromatic rings. The zero-order valence-electron chi connectivity index (χ0n) is 8.16. The van der Waals surface area contributed by atoms with Crippen LogP contribution in [0.15, 0.2) is 12.1 Å². The number of rotatable bonds is 4. The summed E-state index contributed by atoms with van der Waals surface area (Å²) in [5.41, 5.74) is 1.42. The van der Waals surface area contributed by atoms with E-state index in [9.17, 15) is 0 Å². The van der Waals surface area contributed by atoms with E-state index in [2.05, 4.69) is 10.9 Å². The topological polar surface area (TPSA) is 42.4 Å². The zero-order chi connectivity index (χ0) is 10.4. The fourth-order valence-electron chi connectivity index (χ4n) is 1.06. The molecule has 3 nitrogen and oxygen atoms in total. The maximum absolute atomic E-state index is 9.02. The van der Waals surface area contributed by atoms with Crippen LogP contribution in [0.4, 0.5) is 0 Å². The van der Waals surface area contributed by atoms with E-state index in [-0.39, 0.29) is 6.61 Å². The first kappa shape index (κ1) is 10.6. The monoisotopic (exact) mass is 191 g/mol. The molecule has 74 valence electrons. The number of aliphatic hydroxyl groups is 1. The van der Waals surface area contributed by atoms with Crippen molar-refractivity contribution in [3.8, 4) is 18.1 Å². The van der Waals surface area contributed by atoms with Gasteiger partial charge >= 0.3 is 0 Å². The van der Waals surface area contributed by atoms with Crippen molar-refractivity contribution in [2.45, 2.75) is 20.0 Å². The average Bonchev–Trinajstić information content (AvgIpc) is 2.20. The summed E-state index contributed by atoms with van der Waals surface area (Å²) in [6.45, 7) is 2.20. The Kier molecular flexibility index (Phi) is 3.96. The highest BCUT2D eigenvalue weighted by Crippen LogP contribution is 2.16. The number of aliphatic hydroxyl groups excluding tert-OH is 1. The van der Waals surface area contributed by atoms with Crippen LogP contribution in [0.2, 0.25) is 0 Å². The summed E-state index contributed by atoms with van der Waals surface area (Å²) in [6, 6.07) is 3.63. The molecule has 0 aliphatic rings. The first-order valence-corrected chi connectivity index (χ1v) is 4.41. The summed E-state index contributed by atoms with van der Waals surface area (Å²) in [7, 11) is 0. The standard InChI is InChI=1S/C11H13NO2/c1-3-4-7-14-11-6-5-9(2)12-10(11)8-13/h1,5-6,13H,4,7-8H2,2H3. The third kappa shape index (κ3) is 2.75. The van der Waals surface area contributed by atoms with Gasteiger partial charge in [-0.1, -0.05) is 0 Å². The van der Waals surface area contributed by atoms with E-state index in [4.69, 9.17) is 16.3 Å². The lowest BCUT2D eigenvalue weighted by molar-refractivity contribution is 0.259. The van der Waals surface area contributed by atoms with Crippen molar-refractivity contribution in [3.05, 3.63) is 23.5 Å². The number of aryl methyl sites for hydroxylation is 1. The number of ether oxygens (including phenoxy) is 1. The van der Waals surface area contributed by atoms with Crippen molar-refractivity contribution in [1.29, 1.82) is 0 Å². The lowest BCUT2D eigenvalue weighted by atomic mass is 10.3. The van der Waals surface area contributed by atoms with Crippen LogP contribution in [0.5, 0.6) is 5.75 Å². The second kappa shape index (κ2) is 5.25. The Hall–Kier alpha value is -1.53. The van der Waals surface area contributed by atoms with Gasteiger partial charge in [0, 0.05) is 12.1 Å². The van der Waals surface area contributed by atoms with E-state index in [1.807, 2.05) is 13.0 Å². The second-order valence-electron chi connectivity index (χ2n) is 2.86. The Morgan fingerprint density at radius 1 is 1.57 bits per heavy atom. The minimum atomic E-state index is -0.118. The molecular weight excluding hydrogens is 178 g/mol. The quantitative estimate of drug-likeness (QED) is 0.576. The molecule has 0 aromatic carbocycles. The second-order valence-corrected chi connectivity index (χ2v) is 2.86. The van der Waals surface area contributed by atoms with Gasteiger partial charge in [-0.15, -0.1) is 12.3 Å². The van der Waals surface area contributed by atoms with Gasteiger partial charge in [0.05, 0.1) is 13.2 Å². The fourth-order valence-corrected chi connectivity index (χ4v) is 1.06. The van der Waals surface area contributed by atoms with E-state index in [0.29, 0.717) is 24.5 Å². The van der Waals surface area contributed by atoms with E-state index in [0.717, 1.165) is 5.69 Å². The van der Waals surface area contributed by atoms with Crippen molar-refractivity contribution >= 4 is 0 Å². The van der Waals surface area contributed by atoms with Crippen LogP contribution in [-0.2, 0) is 6.61 Å². The Bertz CT molecular complexity index is 342. The summed E-state index contributed by atoms with van der Waals surface area (Å²) in [5, 5.41) is 9.02. The summed E-state index contributed by atoms with van der Waals surface area (Å²) in [4.78, 5) is 4.14. The number of hydrogen-bond donors (Lipinski definition) is 1. The molecule has 3 heteroatoms. The molecule has 1 rings (SSSR count). The summed E-state index contributed by atoms with van der Waals surface area (Å²) in [5.74, 6) is 3.08. The molecule has 0 spiro atoms. The largest absolute Gasteiger partial charge is 0.491 e. The van der Waals surface area contributed by atoms with Crippen LogP contribution in [0.25, 0.3) is 0 Å². The zero-order valence-corrected chi connectivity index (χ0v) is 8.16. The molecule has 0 bridgehead atoms. The molecule has 0 fully saturated rings. The fraction of sp³-hybridized carbons (Fsp3) is 0.364. The molecule has 1 heterocycles. The third-order valence-corrected chi connectivity index (χ3v) is 1.73. The van der Waals surface area contributed by atoms with Crippen molar-refractivity contribution in [2.75, 3.05) is 6.61 Å². The number of hydrogen-bond acceptors (Lipinski definition) is 3. The van der Waals surface area contributed by atoms with Gasteiger partial charge in [0.1, 0.15) is 11.4 Å². The van der Waals surface area contributed by atoms with Crippen LogP contribution >= 0.6 is 0 Å². The number of nitrogens with zero attached hydrogens (tertiary/aromatic N) is 1. The Morgan fingerprint density at radius 2 is 2.36 bits per heavy atom. The number of aromatic nitrogens is 1. The van der Waals surface area contributed by atoms with Crippen LogP contribution in [0.3, 0.4) is 0 Å². The highest BCUT2D eigenvalue weighted by molar-refractivity contribution is 5.28. The molecule has 0 radical (unpaired) electrons. The van der Waals surface area contributed by atoms with Gasteiger partial charge in [-0.05, 0) is 19.1 Å². The molecule has 0 unspecified atom stereocenters. The number of terminal acetylenes is 1. The van der Waals surface area contributed by atoms with Gasteiger partial charge in [-0.2, -0.15) is 0 Å².